The number of amides is 1. The zero-order valence-electron chi connectivity index (χ0n) is 18.9. The minimum atomic E-state index is -0.778. The molecule has 172 valence electrons. The van der Waals surface area contributed by atoms with Gasteiger partial charge in [-0.05, 0) is 34.5 Å². The van der Waals surface area contributed by atoms with Gasteiger partial charge in [0.05, 0.1) is 6.21 Å². The third-order valence-electron chi connectivity index (χ3n) is 6.16. The van der Waals surface area contributed by atoms with Gasteiger partial charge in [0.15, 0.2) is 11.5 Å². The highest BCUT2D eigenvalue weighted by Gasteiger charge is 2.27. The Morgan fingerprint density at radius 2 is 1.66 bits per heavy atom. The summed E-state index contributed by atoms with van der Waals surface area (Å²) in [5.41, 5.74) is 5.86. The molecule has 0 radical (unpaired) electrons. The summed E-state index contributed by atoms with van der Waals surface area (Å²) in [5, 5.41) is 7.38. The molecular weight excluding hydrogens is 438 g/mol. The van der Waals surface area contributed by atoms with E-state index in [1.165, 1.54) is 5.56 Å². The van der Waals surface area contributed by atoms with Crippen molar-refractivity contribution >= 4 is 33.8 Å². The molecule has 1 aromatic heterocycles. The average molecular weight is 462 g/mol. The maximum absolute atomic E-state index is 12.7. The minimum absolute atomic E-state index is 0.128. The lowest BCUT2D eigenvalue weighted by atomic mass is 10.1. The molecule has 5 aromatic rings. The summed E-state index contributed by atoms with van der Waals surface area (Å²) in [5.74, 6) is 0.846. The van der Waals surface area contributed by atoms with E-state index in [9.17, 15) is 4.79 Å². The second kappa shape index (κ2) is 8.99. The van der Waals surface area contributed by atoms with E-state index in [0.717, 1.165) is 33.8 Å². The number of carbonyl (C=O) groups excluding carboxylic acids is 1. The van der Waals surface area contributed by atoms with Crippen LogP contribution in [0.3, 0.4) is 0 Å². The third kappa shape index (κ3) is 4.22. The van der Waals surface area contributed by atoms with E-state index in [1.807, 2.05) is 66.7 Å². The summed E-state index contributed by atoms with van der Waals surface area (Å²) in [6.07, 6.45) is 2.95. The maximum atomic E-state index is 12.7. The molecular formula is C29H23N3O3. The van der Waals surface area contributed by atoms with Gasteiger partial charge in [0.1, 0.15) is 6.61 Å². The average Bonchev–Trinajstić information content (AvgIpc) is 3.25. The Hall–Kier alpha value is -4.58. The fourth-order valence-corrected chi connectivity index (χ4v) is 4.41. The fourth-order valence-electron chi connectivity index (χ4n) is 4.41. The van der Waals surface area contributed by atoms with Crippen molar-refractivity contribution in [3.05, 3.63) is 108 Å². The number of aromatic nitrogens is 1. The molecule has 1 amide bonds. The van der Waals surface area contributed by atoms with Gasteiger partial charge in [-0.1, -0.05) is 72.8 Å². The Morgan fingerprint density at radius 1 is 0.943 bits per heavy atom. The Kier molecular flexibility index (Phi) is 5.39. The molecule has 0 aliphatic carbocycles. The van der Waals surface area contributed by atoms with Crippen LogP contribution in [0.4, 0.5) is 0 Å². The van der Waals surface area contributed by atoms with Crippen molar-refractivity contribution in [2.24, 2.45) is 5.10 Å². The van der Waals surface area contributed by atoms with Crippen LogP contribution in [0.1, 0.15) is 11.1 Å². The number of hydrazone groups is 1. The molecule has 2 heterocycles. The van der Waals surface area contributed by atoms with Crippen LogP contribution >= 0.6 is 0 Å². The molecule has 1 atom stereocenters. The molecule has 0 saturated carbocycles. The van der Waals surface area contributed by atoms with E-state index >= 15 is 0 Å². The molecule has 0 spiro atoms. The molecule has 6 rings (SSSR count). The van der Waals surface area contributed by atoms with Crippen LogP contribution in [0.15, 0.2) is 102 Å². The van der Waals surface area contributed by atoms with Crippen LogP contribution in [-0.4, -0.2) is 29.4 Å². The topological polar surface area (TPSA) is 64.9 Å². The smallest absolute Gasteiger partial charge is 0.284 e. The highest BCUT2D eigenvalue weighted by atomic mass is 16.6. The summed E-state index contributed by atoms with van der Waals surface area (Å²) < 4.78 is 13.9. The number of nitrogens with one attached hydrogen (secondary N) is 1. The second-order valence-electron chi connectivity index (χ2n) is 8.51. The summed E-state index contributed by atoms with van der Waals surface area (Å²) in [7, 11) is 0. The molecule has 1 aliphatic rings. The monoisotopic (exact) mass is 461 g/mol. The minimum Gasteiger partial charge on any atom is -0.485 e. The van der Waals surface area contributed by atoms with Gasteiger partial charge in [-0.2, -0.15) is 5.10 Å². The lowest BCUT2D eigenvalue weighted by molar-refractivity contribution is -0.130. The Morgan fingerprint density at radius 3 is 2.49 bits per heavy atom. The van der Waals surface area contributed by atoms with Gasteiger partial charge in [0.2, 0.25) is 6.10 Å². The number of rotatable bonds is 5. The van der Waals surface area contributed by atoms with Crippen molar-refractivity contribution in [1.82, 2.24) is 9.99 Å². The molecule has 6 heteroatoms. The standard InChI is InChI=1S/C29H23N3O3/c33-29(28-19-34-26-14-21-10-4-5-11-22(21)15-27(26)35-28)31-30-16-23-18-32(17-20-8-2-1-3-9-20)25-13-7-6-12-24(23)25/h1-16,18,28H,17,19H2,(H,31,33). The number of hydrogen-bond acceptors (Lipinski definition) is 4. The highest BCUT2D eigenvalue weighted by molar-refractivity contribution is 6.00. The van der Waals surface area contributed by atoms with E-state index in [0.29, 0.717) is 11.5 Å². The number of ether oxygens (including phenoxy) is 2. The van der Waals surface area contributed by atoms with Gasteiger partial charge in [-0.25, -0.2) is 5.43 Å². The van der Waals surface area contributed by atoms with Gasteiger partial charge < -0.3 is 14.0 Å². The van der Waals surface area contributed by atoms with E-state index in [2.05, 4.69) is 45.6 Å². The van der Waals surface area contributed by atoms with E-state index in [1.54, 1.807) is 6.21 Å². The largest absolute Gasteiger partial charge is 0.485 e. The lowest BCUT2D eigenvalue weighted by Crippen LogP contribution is -2.42. The van der Waals surface area contributed by atoms with Crippen molar-refractivity contribution in [3.8, 4) is 11.5 Å². The molecule has 35 heavy (non-hydrogen) atoms. The van der Waals surface area contributed by atoms with Crippen LogP contribution in [0.2, 0.25) is 0 Å². The number of fused-ring (bicyclic) bond motifs is 3. The highest BCUT2D eigenvalue weighted by Crippen LogP contribution is 2.35. The zero-order valence-corrected chi connectivity index (χ0v) is 18.9. The van der Waals surface area contributed by atoms with Gasteiger partial charge in [0.25, 0.3) is 5.91 Å². The first-order valence-electron chi connectivity index (χ1n) is 11.5. The number of hydrogen-bond donors (Lipinski definition) is 1. The maximum Gasteiger partial charge on any atom is 0.284 e. The van der Waals surface area contributed by atoms with Crippen molar-refractivity contribution in [1.29, 1.82) is 0 Å². The van der Waals surface area contributed by atoms with Crippen LogP contribution < -0.4 is 14.9 Å². The van der Waals surface area contributed by atoms with E-state index in [4.69, 9.17) is 9.47 Å². The summed E-state index contributed by atoms with van der Waals surface area (Å²) >= 11 is 0. The Balaban J connectivity index is 1.17. The summed E-state index contributed by atoms with van der Waals surface area (Å²) in [6, 6.07) is 30.3. The number of nitrogens with zero attached hydrogens (tertiary/aromatic N) is 2. The molecule has 1 unspecified atom stereocenters. The van der Waals surface area contributed by atoms with Crippen LogP contribution in [0, 0.1) is 0 Å². The van der Waals surface area contributed by atoms with Gasteiger partial charge in [-0.15, -0.1) is 0 Å². The molecule has 0 bridgehead atoms. The first-order chi connectivity index (χ1) is 17.2. The van der Waals surface area contributed by atoms with Gasteiger partial charge in [0, 0.05) is 29.2 Å². The molecule has 1 aliphatic heterocycles. The summed E-state index contributed by atoms with van der Waals surface area (Å²) in [4.78, 5) is 12.7. The molecule has 1 N–H and O–H groups in total. The SMILES string of the molecule is O=C(NN=Cc1cn(Cc2ccccc2)c2ccccc12)C1COc2cc3ccccc3cc2O1. The first-order valence-corrected chi connectivity index (χ1v) is 11.5. The quantitative estimate of drug-likeness (QED) is 0.291. The van der Waals surface area contributed by atoms with Gasteiger partial charge in [-0.3, -0.25) is 4.79 Å². The van der Waals surface area contributed by atoms with Gasteiger partial charge >= 0.3 is 0 Å². The fraction of sp³-hybridized carbons (Fsp3) is 0.103. The lowest BCUT2D eigenvalue weighted by Gasteiger charge is -2.25. The molecule has 4 aromatic carbocycles. The summed E-state index contributed by atoms with van der Waals surface area (Å²) in [6.45, 7) is 0.881. The number of carbonyl (C=O) groups is 1. The molecule has 0 saturated heterocycles. The third-order valence-corrected chi connectivity index (χ3v) is 6.16. The van der Waals surface area contributed by atoms with Crippen molar-refractivity contribution in [3.63, 3.8) is 0 Å². The van der Waals surface area contributed by atoms with Crippen LogP contribution in [0.5, 0.6) is 11.5 Å². The van der Waals surface area contributed by atoms with Crippen molar-refractivity contribution in [2.45, 2.75) is 12.6 Å². The second-order valence-corrected chi connectivity index (χ2v) is 8.51. The zero-order chi connectivity index (χ0) is 23.6. The van der Waals surface area contributed by atoms with Crippen molar-refractivity contribution in [2.75, 3.05) is 6.61 Å². The molecule has 6 nitrogen and oxygen atoms in total. The van der Waals surface area contributed by atoms with Crippen LogP contribution in [0.25, 0.3) is 21.7 Å². The first kappa shape index (κ1) is 21.0. The number of benzene rings is 4. The van der Waals surface area contributed by atoms with E-state index < -0.39 is 6.10 Å². The Bertz CT molecular complexity index is 1560. The van der Waals surface area contributed by atoms with E-state index in [-0.39, 0.29) is 12.5 Å². The predicted molar refractivity (Wildman–Crippen MR) is 137 cm³/mol. The number of para-hydroxylation sites is 1. The van der Waals surface area contributed by atoms with Crippen LogP contribution in [-0.2, 0) is 11.3 Å². The molecule has 0 fully saturated rings. The Labute approximate surface area is 202 Å². The predicted octanol–water partition coefficient (Wildman–Crippen LogP) is 5.13. The normalized spacial score (nSPS) is 15.0. The van der Waals surface area contributed by atoms with Crippen molar-refractivity contribution < 1.29 is 14.3 Å².